The Bertz CT molecular complexity index is 263. The molecule has 14 heavy (non-hydrogen) atoms. The molecule has 1 N–H and O–H groups in total. The van der Waals surface area contributed by atoms with E-state index in [0.29, 0.717) is 5.02 Å². The van der Waals surface area contributed by atoms with E-state index < -0.39 is 4.92 Å². The zero-order chi connectivity index (χ0) is 11.6. The normalized spacial score (nSPS) is 7.36. The van der Waals surface area contributed by atoms with Gasteiger partial charge in [-0.25, -0.2) is 0 Å². The van der Waals surface area contributed by atoms with Gasteiger partial charge in [0.25, 0.3) is 5.69 Å². The number of aliphatic hydroxyl groups is 1. The molecule has 1 aromatic carbocycles. The predicted octanol–water partition coefficient (Wildman–Crippen LogP) is 1.67. The third-order valence-electron chi connectivity index (χ3n) is 1.04. The Morgan fingerprint density at radius 1 is 1.29 bits per heavy atom. The third kappa shape index (κ3) is 6.10. The number of nitro benzene ring substituents is 1. The second-order valence-corrected chi connectivity index (χ2v) is 2.17. The predicted molar refractivity (Wildman–Crippen MR) is 53.4 cm³/mol. The average Bonchev–Trinajstić information content (AvgIpc) is 2.24. The van der Waals surface area contributed by atoms with Gasteiger partial charge in [-0.05, 0) is 12.1 Å². The van der Waals surface area contributed by atoms with E-state index >= 15 is 0 Å². The van der Waals surface area contributed by atoms with Crippen LogP contribution in [0.4, 0.5) is 5.69 Å². The molecule has 0 amide bonds. The zero-order valence-corrected chi connectivity index (χ0v) is 8.27. The fraction of sp³-hybridized carbons (Fsp3) is 0.125. The second-order valence-electron chi connectivity index (χ2n) is 1.73. The molecule has 0 unspecified atom stereocenters. The van der Waals surface area contributed by atoms with Crippen LogP contribution in [0, 0.1) is 10.1 Å². The van der Waals surface area contributed by atoms with E-state index in [4.69, 9.17) is 21.5 Å². The molecular formula is C8H10ClNO4. The van der Waals surface area contributed by atoms with Crippen molar-refractivity contribution in [2.24, 2.45) is 0 Å². The third-order valence-corrected chi connectivity index (χ3v) is 1.29. The summed E-state index contributed by atoms with van der Waals surface area (Å²) >= 11 is 5.49. The molecule has 0 saturated carbocycles. The number of carbonyl (C=O) groups is 1. The summed E-state index contributed by atoms with van der Waals surface area (Å²) in [6.45, 7) is 2.00. The summed E-state index contributed by atoms with van der Waals surface area (Å²) in [6.07, 6.45) is 0. The molecule has 0 aliphatic heterocycles. The lowest BCUT2D eigenvalue weighted by molar-refractivity contribution is -0.384. The fourth-order valence-electron chi connectivity index (χ4n) is 0.563. The monoisotopic (exact) mass is 219 g/mol. The van der Waals surface area contributed by atoms with E-state index in [1.54, 1.807) is 0 Å². The first kappa shape index (κ1) is 15.0. The van der Waals surface area contributed by atoms with Crippen molar-refractivity contribution in [1.29, 1.82) is 0 Å². The molecule has 0 bridgehead atoms. The maximum absolute atomic E-state index is 10.1. The van der Waals surface area contributed by atoms with Gasteiger partial charge in [0, 0.05) is 24.3 Å². The van der Waals surface area contributed by atoms with Gasteiger partial charge in [-0.15, -0.1) is 0 Å². The first-order valence-corrected chi connectivity index (χ1v) is 3.71. The molecule has 0 aliphatic rings. The molecule has 1 aromatic rings. The highest BCUT2D eigenvalue weighted by Crippen LogP contribution is 2.14. The van der Waals surface area contributed by atoms with Crippen LogP contribution in [-0.2, 0) is 4.79 Å². The molecule has 0 aliphatic carbocycles. The number of hydrogen-bond acceptors (Lipinski definition) is 4. The van der Waals surface area contributed by atoms with Crippen molar-refractivity contribution in [1.82, 2.24) is 0 Å². The van der Waals surface area contributed by atoms with E-state index in [2.05, 4.69) is 0 Å². The molecule has 0 saturated heterocycles. The Balaban J connectivity index is 0. The minimum absolute atomic E-state index is 0.0596. The van der Waals surface area contributed by atoms with Crippen molar-refractivity contribution < 1.29 is 14.8 Å². The molecule has 0 heterocycles. The Kier molecular flexibility index (Phi) is 10.3. The van der Waals surface area contributed by atoms with Crippen LogP contribution < -0.4 is 0 Å². The molecule has 0 aromatic heterocycles. The molecule has 78 valence electrons. The van der Waals surface area contributed by atoms with Crippen molar-refractivity contribution in [3.8, 4) is 0 Å². The second kappa shape index (κ2) is 9.63. The zero-order valence-electron chi connectivity index (χ0n) is 7.51. The van der Waals surface area contributed by atoms with Gasteiger partial charge >= 0.3 is 0 Å². The number of non-ortho nitro benzene ring substituents is 1. The summed E-state index contributed by atoms with van der Waals surface area (Å²) < 4.78 is 0. The molecule has 0 atom stereocenters. The van der Waals surface area contributed by atoms with E-state index in [1.807, 2.05) is 6.79 Å². The van der Waals surface area contributed by atoms with E-state index in [9.17, 15) is 10.1 Å². The highest BCUT2D eigenvalue weighted by molar-refractivity contribution is 6.30. The van der Waals surface area contributed by atoms with Crippen LogP contribution in [0.25, 0.3) is 0 Å². The Hall–Kier alpha value is -1.46. The highest BCUT2D eigenvalue weighted by Gasteiger charge is 2.01. The van der Waals surface area contributed by atoms with E-state index in [0.717, 1.165) is 7.11 Å². The standard InChI is InChI=1S/C6H4ClNO2.CH4O.CH2O/c7-5-1-3-6(4-2-5)8(9)10;2*1-2/h1-4H;2H,1H3;1H2. The van der Waals surface area contributed by atoms with Crippen LogP contribution >= 0.6 is 11.6 Å². The summed E-state index contributed by atoms with van der Waals surface area (Å²) in [7, 11) is 1.00. The molecule has 5 nitrogen and oxygen atoms in total. The number of benzene rings is 1. The summed E-state index contributed by atoms with van der Waals surface area (Å²) in [5.74, 6) is 0. The minimum Gasteiger partial charge on any atom is -0.400 e. The van der Waals surface area contributed by atoms with Crippen LogP contribution in [0.1, 0.15) is 0 Å². The van der Waals surface area contributed by atoms with Crippen molar-refractivity contribution >= 4 is 24.1 Å². The minimum atomic E-state index is -0.462. The lowest BCUT2D eigenvalue weighted by Gasteiger charge is -1.88. The van der Waals surface area contributed by atoms with Crippen LogP contribution in [-0.4, -0.2) is 23.9 Å². The first-order chi connectivity index (χ1) is 6.70. The van der Waals surface area contributed by atoms with Crippen molar-refractivity contribution in [3.05, 3.63) is 39.4 Å². The van der Waals surface area contributed by atoms with E-state index in [1.165, 1.54) is 24.3 Å². The Labute approximate surface area is 86.1 Å². The number of carbonyl (C=O) groups excluding carboxylic acids is 1. The number of hydrogen-bond donors (Lipinski definition) is 1. The fourth-order valence-corrected chi connectivity index (χ4v) is 0.689. The smallest absolute Gasteiger partial charge is 0.269 e. The molecule has 1 rings (SSSR count). The molecule has 0 spiro atoms. The van der Waals surface area contributed by atoms with Crippen LogP contribution in [0.5, 0.6) is 0 Å². The van der Waals surface area contributed by atoms with Gasteiger partial charge in [0.1, 0.15) is 6.79 Å². The number of halogens is 1. The van der Waals surface area contributed by atoms with Gasteiger partial charge in [-0.1, -0.05) is 11.6 Å². The summed E-state index contributed by atoms with van der Waals surface area (Å²) in [4.78, 5) is 17.6. The van der Waals surface area contributed by atoms with Crippen LogP contribution in [0.3, 0.4) is 0 Å². The Morgan fingerprint density at radius 3 is 1.93 bits per heavy atom. The largest absolute Gasteiger partial charge is 0.400 e. The quantitative estimate of drug-likeness (QED) is 0.576. The van der Waals surface area contributed by atoms with Gasteiger partial charge in [0.05, 0.1) is 4.92 Å². The Morgan fingerprint density at radius 2 is 1.64 bits per heavy atom. The summed E-state index contributed by atoms with van der Waals surface area (Å²) in [5.41, 5.74) is 0.0596. The summed E-state index contributed by atoms with van der Waals surface area (Å²) in [6, 6.07) is 5.70. The average molecular weight is 220 g/mol. The number of nitro groups is 1. The van der Waals surface area contributed by atoms with Crippen LogP contribution in [0.2, 0.25) is 5.02 Å². The van der Waals surface area contributed by atoms with Crippen LogP contribution in [0.15, 0.2) is 24.3 Å². The highest BCUT2D eigenvalue weighted by atomic mass is 35.5. The van der Waals surface area contributed by atoms with Gasteiger partial charge in [-0.3, -0.25) is 10.1 Å². The topological polar surface area (TPSA) is 80.4 Å². The molecule has 0 fully saturated rings. The van der Waals surface area contributed by atoms with Gasteiger partial charge < -0.3 is 9.90 Å². The lowest BCUT2D eigenvalue weighted by atomic mass is 10.3. The number of rotatable bonds is 1. The first-order valence-electron chi connectivity index (χ1n) is 3.33. The van der Waals surface area contributed by atoms with Crippen molar-refractivity contribution in [2.75, 3.05) is 7.11 Å². The molecule has 0 radical (unpaired) electrons. The lowest BCUT2D eigenvalue weighted by Crippen LogP contribution is -1.85. The van der Waals surface area contributed by atoms with Crippen molar-refractivity contribution in [2.45, 2.75) is 0 Å². The molecular weight excluding hydrogens is 210 g/mol. The SMILES string of the molecule is C=O.CO.O=[N+]([O-])c1ccc(Cl)cc1. The van der Waals surface area contributed by atoms with E-state index in [-0.39, 0.29) is 5.69 Å². The maximum atomic E-state index is 10.1. The van der Waals surface area contributed by atoms with Gasteiger partial charge in [-0.2, -0.15) is 0 Å². The maximum Gasteiger partial charge on any atom is 0.269 e. The van der Waals surface area contributed by atoms with Gasteiger partial charge in [0.2, 0.25) is 0 Å². The number of aliphatic hydroxyl groups excluding tert-OH is 1. The number of nitrogens with zero attached hydrogens (tertiary/aromatic N) is 1. The van der Waals surface area contributed by atoms with Gasteiger partial charge in [0.15, 0.2) is 0 Å². The summed E-state index contributed by atoms with van der Waals surface area (Å²) in [5, 5.41) is 17.6. The van der Waals surface area contributed by atoms with Crippen molar-refractivity contribution in [3.63, 3.8) is 0 Å². The molecule has 6 heteroatoms.